The number of carbonyl (C=O) groups excluding carboxylic acids is 1. The number of nitrogens with two attached hydrogens (primary N) is 1. The molecule has 0 radical (unpaired) electrons. The maximum absolute atomic E-state index is 11.8. The van der Waals surface area contributed by atoms with Gasteiger partial charge in [0.2, 0.25) is 5.91 Å². The molecule has 1 saturated heterocycles. The van der Waals surface area contributed by atoms with E-state index < -0.39 is 0 Å². The van der Waals surface area contributed by atoms with Gasteiger partial charge in [0.15, 0.2) is 0 Å². The summed E-state index contributed by atoms with van der Waals surface area (Å²) in [5, 5.41) is 3.31. The highest BCUT2D eigenvalue weighted by Gasteiger charge is 2.15. The summed E-state index contributed by atoms with van der Waals surface area (Å²) in [5.74, 6) is 1.77. The minimum absolute atomic E-state index is 0.00781. The minimum atomic E-state index is -0.00781. The number of ether oxygens (including phenoxy) is 1. The fraction of sp³-hybridized carbons (Fsp3) is 0.500. The summed E-state index contributed by atoms with van der Waals surface area (Å²) < 4.78 is 5.53. The van der Waals surface area contributed by atoms with Crippen LogP contribution in [0.1, 0.15) is 19.3 Å². The van der Waals surface area contributed by atoms with E-state index in [0.717, 1.165) is 31.0 Å². The number of anilines is 2. The van der Waals surface area contributed by atoms with Gasteiger partial charge < -0.3 is 15.8 Å². The molecule has 0 bridgehead atoms. The molecule has 4 nitrogen and oxygen atoms in total. The Kier molecular flexibility index (Phi) is 6.01. The molecule has 110 valence electrons. The molecule has 1 aromatic carbocycles. The van der Waals surface area contributed by atoms with Gasteiger partial charge in [0.1, 0.15) is 0 Å². The summed E-state index contributed by atoms with van der Waals surface area (Å²) in [6.07, 6.45) is 3.16. The molecule has 1 unspecified atom stereocenters. The Bertz CT molecular complexity index is 464. The van der Waals surface area contributed by atoms with Gasteiger partial charge in [-0.2, -0.15) is 11.8 Å². The van der Waals surface area contributed by atoms with E-state index in [0.29, 0.717) is 28.9 Å². The van der Waals surface area contributed by atoms with Crippen molar-refractivity contribution < 1.29 is 9.53 Å². The molecule has 0 aromatic heterocycles. The zero-order valence-corrected chi connectivity index (χ0v) is 12.8. The van der Waals surface area contributed by atoms with Crippen molar-refractivity contribution in [3.63, 3.8) is 0 Å². The number of rotatable bonds is 6. The first-order valence-corrected chi connectivity index (χ1v) is 8.22. The number of benzene rings is 1. The molecule has 1 fully saturated rings. The zero-order valence-electron chi connectivity index (χ0n) is 11.2. The number of thioether (sulfide) groups is 1. The van der Waals surface area contributed by atoms with Crippen molar-refractivity contribution in [2.24, 2.45) is 0 Å². The Morgan fingerprint density at radius 3 is 3.10 bits per heavy atom. The average Bonchev–Trinajstić information content (AvgIpc) is 2.92. The minimum Gasteiger partial charge on any atom is -0.397 e. The lowest BCUT2D eigenvalue weighted by Gasteiger charge is -2.09. The lowest BCUT2D eigenvalue weighted by molar-refractivity contribution is -0.115. The maximum Gasteiger partial charge on any atom is 0.225 e. The molecule has 1 heterocycles. The van der Waals surface area contributed by atoms with E-state index >= 15 is 0 Å². The van der Waals surface area contributed by atoms with Crippen LogP contribution in [0.4, 0.5) is 11.4 Å². The maximum atomic E-state index is 11.8. The van der Waals surface area contributed by atoms with Crippen LogP contribution in [0.5, 0.6) is 0 Å². The number of carbonyl (C=O) groups is 1. The molecule has 1 aliphatic rings. The van der Waals surface area contributed by atoms with Crippen molar-refractivity contribution in [2.45, 2.75) is 25.4 Å². The normalized spacial score (nSPS) is 18.1. The lowest BCUT2D eigenvalue weighted by Crippen LogP contribution is -2.14. The second kappa shape index (κ2) is 7.76. The van der Waals surface area contributed by atoms with E-state index in [2.05, 4.69) is 5.32 Å². The van der Waals surface area contributed by atoms with Gasteiger partial charge in [0.25, 0.3) is 0 Å². The molecule has 2 rings (SSSR count). The Morgan fingerprint density at radius 1 is 1.55 bits per heavy atom. The number of nitrogens with one attached hydrogen (secondary N) is 1. The molecule has 3 N–H and O–H groups in total. The molecule has 1 amide bonds. The van der Waals surface area contributed by atoms with Crippen molar-refractivity contribution in [2.75, 3.05) is 29.2 Å². The fourth-order valence-corrected chi connectivity index (χ4v) is 3.14. The lowest BCUT2D eigenvalue weighted by atomic mass is 10.2. The molecular weight excluding hydrogens is 296 g/mol. The molecule has 20 heavy (non-hydrogen) atoms. The van der Waals surface area contributed by atoms with E-state index in [1.807, 2.05) is 0 Å². The third-order valence-corrected chi connectivity index (χ3v) is 4.53. The van der Waals surface area contributed by atoms with Crippen LogP contribution in [-0.2, 0) is 9.53 Å². The van der Waals surface area contributed by atoms with E-state index in [1.54, 1.807) is 30.0 Å². The number of nitrogen functional groups attached to an aromatic ring is 1. The Hall–Kier alpha value is -0.910. The molecule has 1 atom stereocenters. The Labute approximate surface area is 128 Å². The second-order valence-corrected chi connectivity index (χ2v) is 6.30. The van der Waals surface area contributed by atoms with Gasteiger partial charge in [-0.05, 0) is 31.0 Å². The number of halogens is 1. The highest BCUT2D eigenvalue weighted by Crippen LogP contribution is 2.22. The Balaban J connectivity index is 1.65. The van der Waals surface area contributed by atoms with Crippen LogP contribution in [-0.4, -0.2) is 30.1 Å². The third-order valence-electron chi connectivity index (χ3n) is 3.08. The third kappa shape index (κ3) is 4.89. The summed E-state index contributed by atoms with van der Waals surface area (Å²) >= 11 is 7.59. The van der Waals surface area contributed by atoms with Crippen molar-refractivity contribution in [1.82, 2.24) is 0 Å². The largest absolute Gasteiger partial charge is 0.397 e. The van der Waals surface area contributed by atoms with Crippen LogP contribution in [0.2, 0.25) is 5.02 Å². The fourth-order valence-electron chi connectivity index (χ4n) is 2.00. The summed E-state index contributed by atoms with van der Waals surface area (Å²) in [7, 11) is 0. The zero-order chi connectivity index (χ0) is 14.4. The van der Waals surface area contributed by atoms with Crippen LogP contribution < -0.4 is 11.1 Å². The standard InChI is InChI=1S/C14H19ClN2O2S/c15-12-4-3-10(8-13(12)16)17-14(18)5-7-20-9-11-2-1-6-19-11/h3-4,8,11H,1-2,5-7,9,16H2,(H,17,18). The summed E-state index contributed by atoms with van der Waals surface area (Å²) in [5.41, 5.74) is 6.84. The van der Waals surface area contributed by atoms with E-state index in [1.165, 1.54) is 0 Å². The summed E-state index contributed by atoms with van der Waals surface area (Å²) in [6, 6.07) is 5.09. The van der Waals surface area contributed by atoms with Gasteiger partial charge in [-0.15, -0.1) is 0 Å². The predicted octanol–water partition coefficient (Wildman–Crippen LogP) is 3.16. The van der Waals surface area contributed by atoms with E-state index in [4.69, 9.17) is 22.1 Å². The van der Waals surface area contributed by atoms with Crippen LogP contribution in [0.15, 0.2) is 18.2 Å². The van der Waals surface area contributed by atoms with Gasteiger partial charge >= 0.3 is 0 Å². The van der Waals surface area contributed by atoms with E-state index in [9.17, 15) is 4.79 Å². The molecule has 0 spiro atoms. The first-order chi connectivity index (χ1) is 9.65. The van der Waals surface area contributed by atoms with Crippen molar-refractivity contribution in [3.8, 4) is 0 Å². The van der Waals surface area contributed by atoms with Crippen LogP contribution in [0, 0.1) is 0 Å². The van der Waals surface area contributed by atoms with Crippen molar-refractivity contribution in [3.05, 3.63) is 23.2 Å². The van der Waals surface area contributed by atoms with Gasteiger partial charge in [0.05, 0.1) is 16.8 Å². The molecule has 0 aliphatic carbocycles. The van der Waals surface area contributed by atoms with E-state index in [-0.39, 0.29) is 5.91 Å². The van der Waals surface area contributed by atoms with Crippen LogP contribution >= 0.6 is 23.4 Å². The van der Waals surface area contributed by atoms with Gasteiger partial charge in [-0.25, -0.2) is 0 Å². The molecule has 1 aromatic rings. The topological polar surface area (TPSA) is 64.3 Å². The smallest absolute Gasteiger partial charge is 0.225 e. The monoisotopic (exact) mass is 314 g/mol. The first-order valence-electron chi connectivity index (χ1n) is 6.69. The van der Waals surface area contributed by atoms with Crippen LogP contribution in [0.3, 0.4) is 0 Å². The average molecular weight is 315 g/mol. The first kappa shape index (κ1) is 15.5. The quantitative estimate of drug-likeness (QED) is 0.625. The Morgan fingerprint density at radius 2 is 2.40 bits per heavy atom. The van der Waals surface area contributed by atoms with Crippen LogP contribution in [0.25, 0.3) is 0 Å². The number of hydrogen-bond donors (Lipinski definition) is 2. The molecular formula is C14H19ClN2O2S. The highest BCUT2D eigenvalue weighted by molar-refractivity contribution is 7.99. The second-order valence-electron chi connectivity index (χ2n) is 4.74. The van der Waals surface area contributed by atoms with Gasteiger partial charge in [-0.1, -0.05) is 11.6 Å². The van der Waals surface area contributed by atoms with Gasteiger partial charge in [0, 0.05) is 30.2 Å². The molecule has 0 saturated carbocycles. The van der Waals surface area contributed by atoms with Gasteiger partial charge in [-0.3, -0.25) is 4.79 Å². The summed E-state index contributed by atoms with van der Waals surface area (Å²) in [4.78, 5) is 11.8. The number of hydrogen-bond acceptors (Lipinski definition) is 4. The predicted molar refractivity (Wildman–Crippen MR) is 85.4 cm³/mol. The SMILES string of the molecule is Nc1cc(NC(=O)CCSCC2CCCO2)ccc1Cl. The highest BCUT2D eigenvalue weighted by atomic mass is 35.5. The number of amides is 1. The molecule has 6 heteroatoms. The molecule has 1 aliphatic heterocycles. The summed E-state index contributed by atoms with van der Waals surface area (Å²) in [6.45, 7) is 0.879. The van der Waals surface area contributed by atoms with Crippen molar-refractivity contribution >= 4 is 40.6 Å². The van der Waals surface area contributed by atoms with Crippen molar-refractivity contribution in [1.29, 1.82) is 0 Å².